The summed E-state index contributed by atoms with van der Waals surface area (Å²) >= 11 is 0. The van der Waals surface area contributed by atoms with Crippen molar-refractivity contribution in [1.29, 1.82) is 0 Å². The van der Waals surface area contributed by atoms with E-state index in [2.05, 4.69) is 14.7 Å². The number of hydrogen-bond acceptors (Lipinski definition) is 5. The van der Waals surface area contributed by atoms with Crippen molar-refractivity contribution in [3.05, 3.63) is 66.0 Å². The summed E-state index contributed by atoms with van der Waals surface area (Å²) in [7, 11) is -3.74. The summed E-state index contributed by atoms with van der Waals surface area (Å²) < 4.78 is 28.4. The molecule has 0 aliphatic carbocycles. The fraction of sp³-hybridized carbons (Fsp3) is 0.483. The van der Waals surface area contributed by atoms with E-state index >= 15 is 0 Å². The molecule has 0 bridgehead atoms. The van der Waals surface area contributed by atoms with Crippen molar-refractivity contribution < 1.29 is 18.0 Å². The molecule has 2 N–H and O–H groups in total. The van der Waals surface area contributed by atoms with Gasteiger partial charge in [0, 0.05) is 18.9 Å². The summed E-state index contributed by atoms with van der Waals surface area (Å²) in [6, 6.07) is 16.3. The molecule has 2 aromatic carbocycles. The highest BCUT2D eigenvalue weighted by Gasteiger charge is 2.34. The molecule has 0 saturated carbocycles. The maximum atomic E-state index is 13.5. The molecule has 38 heavy (non-hydrogen) atoms. The minimum atomic E-state index is -3.74. The number of H-pyrrole nitrogens is 1. The van der Waals surface area contributed by atoms with Crippen LogP contribution >= 0.6 is 0 Å². The molecule has 4 rings (SSSR count). The van der Waals surface area contributed by atoms with Gasteiger partial charge in [-0.15, -0.1) is 0 Å². The number of sulfonamides is 1. The summed E-state index contributed by atoms with van der Waals surface area (Å²) in [5.74, 6) is -0.00952. The van der Waals surface area contributed by atoms with E-state index in [1.807, 2.05) is 75.4 Å². The first kappa shape index (κ1) is 28.0. The number of benzene rings is 2. The molecule has 204 valence electrons. The molecule has 3 atom stereocenters. The Kier molecular flexibility index (Phi) is 8.99. The molecule has 9 heteroatoms. The summed E-state index contributed by atoms with van der Waals surface area (Å²) in [5.41, 5.74) is 2.74. The number of carbonyl (C=O) groups is 2. The van der Waals surface area contributed by atoms with Gasteiger partial charge in [-0.2, -0.15) is 0 Å². The Bertz CT molecular complexity index is 1320. The van der Waals surface area contributed by atoms with Crippen LogP contribution < -0.4 is 4.72 Å². The van der Waals surface area contributed by atoms with Gasteiger partial charge in [-0.25, -0.2) is 18.1 Å². The average Bonchev–Trinajstić information content (AvgIpc) is 3.55. The number of nitrogens with zero attached hydrogens (tertiary/aromatic N) is 2. The van der Waals surface area contributed by atoms with Gasteiger partial charge in [-0.1, -0.05) is 63.2 Å². The van der Waals surface area contributed by atoms with Crippen LogP contribution in [0.15, 0.2) is 54.6 Å². The number of likely N-dealkylation sites (tertiary alicyclic amines) is 1. The molecule has 1 aliphatic heterocycles. The molecule has 8 nitrogen and oxygen atoms in total. The van der Waals surface area contributed by atoms with Gasteiger partial charge in [-0.3, -0.25) is 9.59 Å². The fourth-order valence-electron chi connectivity index (χ4n) is 5.01. The molecule has 3 aromatic rings. The summed E-state index contributed by atoms with van der Waals surface area (Å²) in [4.78, 5) is 36.6. The quantitative estimate of drug-likeness (QED) is 0.347. The van der Waals surface area contributed by atoms with Crippen molar-refractivity contribution >= 4 is 32.7 Å². The normalized spacial score (nSPS) is 17.7. The second-order valence-corrected chi connectivity index (χ2v) is 12.6. The van der Waals surface area contributed by atoms with Crippen molar-refractivity contribution in [2.45, 2.75) is 70.9 Å². The van der Waals surface area contributed by atoms with Crippen LogP contribution in [-0.4, -0.2) is 53.3 Å². The Balaban J connectivity index is 1.51. The molecule has 1 amide bonds. The third-order valence-corrected chi connectivity index (χ3v) is 8.61. The van der Waals surface area contributed by atoms with Crippen molar-refractivity contribution in [2.24, 2.45) is 5.92 Å². The van der Waals surface area contributed by atoms with Gasteiger partial charge in [-0.05, 0) is 42.9 Å². The minimum Gasteiger partial charge on any atom is -0.342 e. The molecular weight excluding hydrogens is 500 g/mol. The lowest BCUT2D eigenvalue weighted by Gasteiger charge is -2.27. The van der Waals surface area contributed by atoms with Crippen LogP contribution in [0, 0.1) is 5.92 Å². The molecular formula is C29H38N4O4S. The Morgan fingerprint density at radius 1 is 1.05 bits per heavy atom. The summed E-state index contributed by atoms with van der Waals surface area (Å²) in [6.07, 6.45) is 2.05. The van der Waals surface area contributed by atoms with E-state index < -0.39 is 16.1 Å². The highest BCUT2D eigenvalue weighted by Crippen LogP contribution is 2.32. The minimum absolute atomic E-state index is 0.0621. The number of carbonyl (C=O) groups excluding carboxylic acids is 2. The number of fused-ring (bicyclic) bond motifs is 1. The van der Waals surface area contributed by atoms with E-state index in [4.69, 9.17) is 0 Å². The zero-order valence-electron chi connectivity index (χ0n) is 22.4. The monoisotopic (exact) mass is 538 g/mol. The molecule has 1 fully saturated rings. The molecule has 0 radical (unpaired) electrons. The number of para-hydroxylation sites is 2. The number of nitrogens with one attached hydrogen (secondary N) is 2. The topological polar surface area (TPSA) is 112 Å². The van der Waals surface area contributed by atoms with Gasteiger partial charge in [0.05, 0.1) is 35.3 Å². The van der Waals surface area contributed by atoms with Crippen molar-refractivity contribution in [3.63, 3.8) is 0 Å². The molecule has 1 aromatic heterocycles. The standard InChI is InChI=1S/C29H38N4O4S/c1-20(2)15-17-38(36,37)32-25(19-28(35)33-16-9-14-26(33)22-10-5-4-6-11-22)27(34)18-21(3)29-30-23-12-7-8-13-24(23)31-29/h4-8,10-13,20-21,25-26,32H,9,14-19H2,1-3H3,(H,30,31)/t21-,25-,26+/m0/s1. The number of aromatic nitrogens is 2. The van der Waals surface area contributed by atoms with E-state index in [1.54, 1.807) is 4.90 Å². The van der Waals surface area contributed by atoms with Crippen LogP contribution in [0.1, 0.15) is 76.2 Å². The number of ketones is 1. The number of aromatic amines is 1. The maximum Gasteiger partial charge on any atom is 0.225 e. The van der Waals surface area contributed by atoms with E-state index in [0.717, 1.165) is 29.4 Å². The third kappa shape index (κ3) is 7.08. The molecule has 1 saturated heterocycles. The van der Waals surface area contributed by atoms with E-state index in [0.29, 0.717) is 18.8 Å². The number of hydrogen-bond donors (Lipinski definition) is 2. The summed E-state index contributed by atoms with van der Waals surface area (Å²) in [6.45, 7) is 6.38. The van der Waals surface area contributed by atoms with Gasteiger partial charge >= 0.3 is 0 Å². The van der Waals surface area contributed by atoms with Gasteiger partial charge in [0.1, 0.15) is 5.82 Å². The Labute approximate surface area is 225 Å². The Morgan fingerprint density at radius 3 is 2.47 bits per heavy atom. The zero-order valence-corrected chi connectivity index (χ0v) is 23.2. The molecule has 2 heterocycles. The fourth-order valence-corrected chi connectivity index (χ4v) is 6.56. The molecule has 0 unspecified atom stereocenters. The van der Waals surface area contributed by atoms with Crippen LogP contribution in [0.3, 0.4) is 0 Å². The smallest absolute Gasteiger partial charge is 0.225 e. The van der Waals surface area contributed by atoms with E-state index in [-0.39, 0.29) is 48.2 Å². The lowest BCUT2D eigenvalue weighted by Crippen LogP contribution is -2.46. The average molecular weight is 539 g/mol. The number of imidazole rings is 1. The van der Waals surface area contributed by atoms with Crippen LogP contribution in [0.4, 0.5) is 0 Å². The van der Waals surface area contributed by atoms with Crippen LogP contribution in [-0.2, 0) is 19.6 Å². The zero-order chi connectivity index (χ0) is 27.3. The highest BCUT2D eigenvalue weighted by atomic mass is 32.2. The predicted octanol–water partition coefficient (Wildman–Crippen LogP) is 4.71. The number of rotatable bonds is 12. The van der Waals surface area contributed by atoms with Gasteiger partial charge in [0.25, 0.3) is 0 Å². The first-order chi connectivity index (χ1) is 18.1. The summed E-state index contributed by atoms with van der Waals surface area (Å²) in [5, 5.41) is 0. The van der Waals surface area contributed by atoms with Crippen molar-refractivity contribution in [3.8, 4) is 0 Å². The van der Waals surface area contributed by atoms with Gasteiger partial charge in [0.2, 0.25) is 15.9 Å². The number of amides is 1. The lowest BCUT2D eigenvalue weighted by atomic mass is 9.97. The van der Waals surface area contributed by atoms with Gasteiger partial charge < -0.3 is 9.88 Å². The number of Topliss-reactive ketones (excluding diaryl/α,β-unsaturated/α-hetero) is 1. The van der Waals surface area contributed by atoms with E-state index in [9.17, 15) is 18.0 Å². The molecule has 0 spiro atoms. The van der Waals surface area contributed by atoms with Crippen LogP contribution in [0.25, 0.3) is 11.0 Å². The molecule has 1 aliphatic rings. The SMILES string of the molecule is CC(C)CCS(=O)(=O)N[C@@H](CC(=O)N1CCC[C@@H]1c1ccccc1)C(=O)C[C@H](C)c1nc2ccccc2[nH]1. The predicted molar refractivity (Wildman–Crippen MR) is 149 cm³/mol. The lowest BCUT2D eigenvalue weighted by molar-refractivity contribution is -0.135. The van der Waals surface area contributed by atoms with Crippen LogP contribution in [0.5, 0.6) is 0 Å². The highest BCUT2D eigenvalue weighted by molar-refractivity contribution is 7.89. The van der Waals surface area contributed by atoms with Crippen molar-refractivity contribution in [2.75, 3.05) is 12.3 Å². The van der Waals surface area contributed by atoms with E-state index in [1.165, 1.54) is 0 Å². The largest absolute Gasteiger partial charge is 0.342 e. The van der Waals surface area contributed by atoms with Gasteiger partial charge in [0.15, 0.2) is 5.78 Å². The first-order valence-corrected chi connectivity index (χ1v) is 15.1. The second-order valence-electron chi connectivity index (χ2n) is 10.7. The van der Waals surface area contributed by atoms with Crippen LogP contribution in [0.2, 0.25) is 0 Å². The maximum absolute atomic E-state index is 13.5. The third-order valence-electron chi connectivity index (χ3n) is 7.19. The second kappa shape index (κ2) is 12.2. The Hall–Kier alpha value is -3.04. The Morgan fingerprint density at radius 2 is 1.76 bits per heavy atom. The van der Waals surface area contributed by atoms with Crippen molar-refractivity contribution in [1.82, 2.24) is 19.6 Å². The first-order valence-electron chi connectivity index (χ1n) is 13.4.